The second-order valence-electron chi connectivity index (χ2n) is 5.25. The predicted molar refractivity (Wildman–Crippen MR) is 87.1 cm³/mol. The van der Waals surface area contributed by atoms with Crippen molar-refractivity contribution < 1.29 is 9.13 Å². The van der Waals surface area contributed by atoms with Crippen LogP contribution in [0, 0.1) is 5.82 Å². The Labute approximate surface area is 136 Å². The number of hydrogen-bond donors (Lipinski definition) is 0. The number of methoxy groups -OCH3 is 1. The third kappa shape index (κ3) is 2.54. The summed E-state index contributed by atoms with van der Waals surface area (Å²) in [7, 11) is 1.49. The van der Waals surface area contributed by atoms with Crippen LogP contribution in [-0.4, -0.2) is 32.4 Å². The van der Waals surface area contributed by atoms with E-state index in [9.17, 15) is 14.0 Å². The molecule has 0 amide bonds. The van der Waals surface area contributed by atoms with Crippen molar-refractivity contribution in [3.05, 3.63) is 57.2 Å². The maximum atomic E-state index is 13.6. The highest BCUT2D eigenvalue weighted by atomic mass is 19.1. The molecule has 8 heteroatoms. The van der Waals surface area contributed by atoms with E-state index in [-0.39, 0.29) is 18.8 Å². The summed E-state index contributed by atoms with van der Waals surface area (Å²) in [5, 5.41) is 0. The zero-order valence-electron chi connectivity index (χ0n) is 13.4. The number of ether oxygens (including phenoxy) is 1. The first-order valence-electron chi connectivity index (χ1n) is 7.54. The van der Waals surface area contributed by atoms with Gasteiger partial charge in [-0.3, -0.25) is 9.36 Å². The van der Waals surface area contributed by atoms with Gasteiger partial charge in [0.1, 0.15) is 5.82 Å². The number of imidazole rings is 1. The standard InChI is InChI=1S/C16H17FN4O3/c1-3-19-10-18-14-13(19)15(22)20(7-8-24-2)16(23)21(14)12-6-4-5-11(17)9-12/h4-6,9-10H,3,7-8H2,1-2H3. The molecule has 3 rings (SSSR count). The predicted octanol–water partition coefficient (Wildman–Crippen LogP) is 1.15. The molecule has 2 aromatic heterocycles. The second kappa shape index (κ2) is 6.40. The third-order valence-electron chi connectivity index (χ3n) is 3.83. The van der Waals surface area contributed by atoms with Gasteiger partial charge in [-0.2, -0.15) is 0 Å². The van der Waals surface area contributed by atoms with Gasteiger partial charge in [-0.15, -0.1) is 0 Å². The Morgan fingerprint density at radius 1 is 1.29 bits per heavy atom. The van der Waals surface area contributed by atoms with Gasteiger partial charge < -0.3 is 9.30 Å². The first-order valence-corrected chi connectivity index (χ1v) is 7.54. The number of nitrogens with zero attached hydrogens (tertiary/aromatic N) is 4. The Kier molecular flexibility index (Phi) is 4.30. The van der Waals surface area contributed by atoms with Crippen LogP contribution in [-0.2, 0) is 17.8 Å². The Bertz CT molecular complexity index is 1000. The van der Waals surface area contributed by atoms with Gasteiger partial charge in [-0.05, 0) is 25.1 Å². The summed E-state index contributed by atoms with van der Waals surface area (Å²) < 4.78 is 22.6. The molecule has 0 aliphatic carbocycles. The monoisotopic (exact) mass is 332 g/mol. The number of benzene rings is 1. The van der Waals surface area contributed by atoms with E-state index in [0.29, 0.717) is 17.7 Å². The molecule has 0 spiro atoms. The average molecular weight is 332 g/mol. The molecule has 0 saturated carbocycles. The number of fused-ring (bicyclic) bond motifs is 1. The van der Waals surface area contributed by atoms with Crippen LogP contribution in [0.2, 0.25) is 0 Å². The molecule has 0 bridgehead atoms. The smallest absolute Gasteiger partial charge is 0.337 e. The van der Waals surface area contributed by atoms with Crippen molar-refractivity contribution in [3.8, 4) is 5.69 Å². The van der Waals surface area contributed by atoms with Crippen molar-refractivity contribution in [2.24, 2.45) is 0 Å². The number of hydrogen-bond acceptors (Lipinski definition) is 4. The Morgan fingerprint density at radius 3 is 2.75 bits per heavy atom. The van der Waals surface area contributed by atoms with E-state index in [0.717, 1.165) is 4.57 Å². The Morgan fingerprint density at radius 2 is 2.08 bits per heavy atom. The van der Waals surface area contributed by atoms with Crippen LogP contribution in [0.5, 0.6) is 0 Å². The molecule has 0 aliphatic heterocycles. The largest absolute Gasteiger partial charge is 0.383 e. The molecule has 0 atom stereocenters. The summed E-state index contributed by atoms with van der Waals surface area (Å²) in [4.78, 5) is 29.7. The maximum Gasteiger partial charge on any atom is 0.337 e. The summed E-state index contributed by atoms with van der Waals surface area (Å²) in [6.07, 6.45) is 1.50. The van der Waals surface area contributed by atoms with E-state index in [2.05, 4.69) is 4.98 Å². The zero-order valence-corrected chi connectivity index (χ0v) is 13.4. The van der Waals surface area contributed by atoms with Gasteiger partial charge in [0.2, 0.25) is 0 Å². The Balaban J connectivity index is 2.41. The number of rotatable bonds is 5. The SMILES string of the molecule is CCn1cnc2c1c(=O)n(CCOC)c(=O)n2-c1cccc(F)c1. The van der Waals surface area contributed by atoms with Gasteiger partial charge in [0.25, 0.3) is 5.56 Å². The molecule has 0 N–H and O–H groups in total. The average Bonchev–Trinajstić information content (AvgIpc) is 2.99. The van der Waals surface area contributed by atoms with Crippen LogP contribution in [0.25, 0.3) is 16.9 Å². The van der Waals surface area contributed by atoms with Crippen LogP contribution < -0.4 is 11.2 Å². The molecule has 0 fully saturated rings. The quantitative estimate of drug-likeness (QED) is 0.703. The molecule has 0 aliphatic rings. The molecular weight excluding hydrogens is 315 g/mol. The molecule has 2 heterocycles. The Hall–Kier alpha value is -2.74. The minimum atomic E-state index is -0.573. The first kappa shape index (κ1) is 16.1. The minimum absolute atomic E-state index is 0.105. The minimum Gasteiger partial charge on any atom is -0.383 e. The molecule has 7 nitrogen and oxygen atoms in total. The lowest BCUT2D eigenvalue weighted by Gasteiger charge is -2.12. The van der Waals surface area contributed by atoms with Gasteiger partial charge in [0, 0.05) is 13.7 Å². The molecule has 24 heavy (non-hydrogen) atoms. The van der Waals surface area contributed by atoms with Crippen molar-refractivity contribution >= 4 is 11.2 Å². The fourth-order valence-corrected chi connectivity index (χ4v) is 2.65. The number of aromatic nitrogens is 4. The molecule has 3 aromatic rings. The first-order chi connectivity index (χ1) is 11.6. The molecular formula is C16H17FN4O3. The lowest BCUT2D eigenvalue weighted by Crippen LogP contribution is -2.41. The van der Waals surface area contributed by atoms with E-state index >= 15 is 0 Å². The van der Waals surface area contributed by atoms with E-state index < -0.39 is 17.1 Å². The second-order valence-corrected chi connectivity index (χ2v) is 5.25. The highest BCUT2D eigenvalue weighted by Gasteiger charge is 2.18. The topological polar surface area (TPSA) is 71.1 Å². The van der Waals surface area contributed by atoms with E-state index in [4.69, 9.17) is 4.74 Å². The van der Waals surface area contributed by atoms with Crippen LogP contribution in [0.1, 0.15) is 6.92 Å². The van der Waals surface area contributed by atoms with Crippen molar-refractivity contribution in [3.63, 3.8) is 0 Å². The van der Waals surface area contributed by atoms with Gasteiger partial charge in [0.05, 0.1) is 25.2 Å². The van der Waals surface area contributed by atoms with Crippen molar-refractivity contribution in [2.75, 3.05) is 13.7 Å². The molecule has 0 saturated heterocycles. The van der Waals surface area contributed by atoms with Crippen LogP contribution in [0.4, 0.5) is 4.39 Å². The molecule has 126 valence electrons. The summed E-state index contributed by atoms with van der Waals surface area (Å²) in [6.45, 7) is 2.72. The van der Waals surface area contributed by atoms with Crippen LogP contribution in [0.15, 0.2) is 40.2 Å². The highest BCUT2D eigenvalue weighted by molar-refractivity contribution is 5.72. The van der Waals surface area contributed by atoms with Crippen LogP contribution in [0.3, 0.4) is 0 Å². The zero-order chi connectivity index (χ0) is 17.3. The third-order valence-corrected chi connectivity index (χ3v) is 3.83. The highest BCUT2D eigenvalue weighted by Crippen LogP contribution is 2.14. The fraction of sp³-hybridized carbons (Fsp3) is 0.312. The summed E-state index contributed by atoms with van der Waals surface area (Å²) in [5.74, 6) is -0.475. The lowest BCUT2D eigenvalue weighted by molar-refractivity contribution is 0.184. The number of halogens is 1. The van der Waals surface area contributed by atoms with E-state index in [1.54, 1.807) is 10.6 Å². The fourth-order valence-electron chi connectivity index (χ4n) is 2.65. The molecule has 0 unspecified atom stereocenters. The normalized spacial score (nSPS) is 11.3. The van der Waals surface area contributed by atoms with Gasteiger partial charge >= 0.3 is 5.69 Å². The van der Waals surface area contributed by atoms with Gasteiger partial charge in [0.15, 0.2) is 11.2 Å². The molecule has 0 radical (unpaired) electrons. The van der Waals surface area contributed by atoms with Gasteiger partial charge in [-0.1, -0.05) is 6.07 Å². The van der Waals surface area contributed by atoms with E-state index in [1.807, 2.05) is 6.92 Å². The van der Waals surface area contributed by atoms with Crippen molar-refractivity contribution in [1.29, 1.82) is 0 Å². The van der Waals surface area contributed by atoms with Crippen LogP contribution >= 0.6 is 0 Å². The van der Waals surface area contributed by atoms with Crippen molar-refractivity contribution in [2.45, 2.75) is 20.0 Å². The van der Waals surface area contributed by atoms with Crippen molar-refractivity contribution in [1.82, 2.24) is 18.7 Å². The summed E-state index contributed by atoms with van der Waals surface area (Å²) in [6, 6.07) is 5.62. The number of aryl methyl sites for hydroxylation is 1. The summed E-state index contributed by atoms with van der Waals surface area (Å²) in [5.41, 5.74) is -0.170. The molecule has 1 aromatic carbocycles. The van der Waals surface area contributed by atoms with Gasteiger partial charge in [-0.25, -0.2) is 18.7 Å². The lowest BCUT2D eigenvalue weighted by atomic mass is 10.3. The summed E-state index contributed by atoms with van der Waals surface area (Å²) >= 11 is 0. The van der Waals surface area contributed by atoms with E-state index in [1.165, 1.54) is 36.2 Å². The maximum absolute atomic E-state index is 13.6.